The minimum Gasteiger partial charge on any atom is -0.748 e. The third-order valence-electron chi connectivity index (χ3n) is 7.53. The Morgan fingerprint density at radius 1 is 1.05 bits per heavy atom. The Morgan fingerprint density at radius 3 is 2.48 bits per heavy atom. The number of anilines is 1. The fraction of sp³-hybridized carbons (Fsp3) is 0.219. The number of benzene rings is 4. The number of allylic oxidation sites excluding steroid dienone is 2. The van der Waals surface area contributed by atoms with E-state index in [1.807, 2.05) is 47.4 Å². The summed E-state index contributed by atoms with van der Waals surface area (Å²) in [6.45, 7) is 2.87. The molecule has 0 saturated carbocycles. The summed E-state index contributed by atoms with van der Waals surface area (Å²) in [6.07, 6.45) is 5.50. The van der Waals surface area contributed by atoms with Crippen molar-refractivity contribution in [1.29, 1.82) is 0 Å². The van der Waals surface area contributed by atoms with Crippen molar-refractivity contribution >= 4 is 88.1 Å². The van der Waals surface area contributed by atoms with E-state index in [9.17, 15) is 17.2 Å². The van der Waals surface area contributed by atoms with E-state index in [1.165, 1.54) is 0 Å². The summed E-state index contributed by atoms with van der Waals surface area (Å²) in [5.41, 5.74) is 3.06. The van der Waals surface area contributed by atoms with Gasteiger partial charge in [0, 0.05) is 29.3 Å². The molecule has 44 heavy (non-hydrogen) atoms. The number of fused-ring (bicyclic) bond motifs is 6. The van der Waals surface area contributed by atoms with Gasteiger partial charge >= 0.3 is 11.4 Å². The van der Waals surface area contributed by atoms with E-state index < -0.39 is 27.2 Å². The Hall–Kier alpha value is -3.10. The van der Waals surface area contributed by atoms with Crippen molar-refractivity contribution in [2.75, 3.05) is 23.8 Å². The van der Waals surface area contributed by atoms with Gasteiger partial charge in [-0.25, -0.2) is 8.42 Å². The van der Waals surface area contributed by atoms with Crippen molar-refractivity contribution in [3.63, 3.8) is 0 Å². The summed E-state index contributed by atoms with van der Waals surface area (Å²) in [4.78, 5) is 2.97. The van der Waals surface area contributed by atoms with Crippen molar-refractivity contribution in [2.24, 2.45) is 0 Å². The highest BCUT2D eigenvalue weighted by Gasteiger charge is 2.28. The van der Waals surface area contributed by atoms with Crippen LogP contribution in [0.2, 0.25) is 0 Å². The van der Waals surface area contributed by atoms with E-state index in [2.05, 4.69) is 54.0 Å². The van der Waals surface area contributed by atoms with Crippen molar-refractivity contribution in [1.82, 2.24) is 0 Å². The zero-order valence-electron chi connectivity index (χ0n) is 23.8. The number of hydrogen-bond acceptors (Lipinski definition) is 8. The molecule has 0 amide bonds. The second-order valence-corrected chi connectivity index (χ2v) is 14.6. The lowest BCUT2D eigenvalue weighted by Crippen LogP contribution is -2.36. The average Bonchev–Trinajstić information content (AvgIpc) is 3.54. The molecule has 2 heterocycles. The first-order valence-electron chi connectivity index (χ1n) is 14.1. The summed E-state index contributed by atoms with van der Waals surface area (Å²) in [7, 11) is -4.42. The summed E-state index contributed by atoms with van der Waals surface area (Å²) in [5.74, 6) is -0.497. The van der Waals surface area contributed by atoms with Gasteiger partial charge in [0.25, 0.3) is 5.01 Å². The number of nitrogens with zero attached hydrogens (tertiary/aromatic N) is 2. The molecular formula is C32H30N2O6S4. The molecule has 0 spiro atoms. The molecular weight excluding hydrogens is 637 g/mol. The highest BCUT2D eigenvalue weighted by atomic mass is 32.2. The van der Waals surface area contributed by atoms with Gasteiger partial charge in [0.1, 0.15) is 4.70 Å². The van der Waals surface area contributed by atoms with Gasteiger partial charge < -0.3 is 9.45 Å². The van der Waals surface area contributed by atoms with Crippen LogP contribution in [0.25, 0.3) is 37.8 Å². The number of aryl methyl sites for hydroxylation is 1. The smallest absolute Gasteiger partial charge is 0.301 e. The molecule has 1 atom stereocenters. The maximum Gasteiger partial charge on any atom is 0.301 e. The van der Waals surface area contributed by atoms with Crippen molar-refractivity contribution in [3.05, 3.63) is 94.5 Å². The van der Waals surface area contributed by atoms with Crippen molar-refractivity contribution in [2.45, 2.75) is 31.2 Å². The van der Waals surface area contributed by atoms with E-state index in [4.69, 9.17) is 8.74 Å². The number of rotatable bonds is 11. The van der Waals surface area contributed by atoms with Crippen LogP contribution in [0.15, 0.2) is 94.4 Å². The maximum absolute atomic E-state index is 11.7. The molecule has 6 rings (SSSR count). The summed E-state index contributed by atoms with van der Waals surface area (Å²) in [5, 5.41) is 6.19. The molecule has 0 radical (unpaired) electrons. The Bertz CT molecular complexity index is 2070. The van der Waals surface area contributed by atoms with Crippen LogP contribution in [0, 0.1) is 0 Å². The lowest BCUT2D eigenvalue weighted by atomic mass is 10.1. The Morgan fingerprint density at radius 2 is 1.75 bits per heavy atom. The number of thiazole rings is 1. The molecule has 1 unspecified atom stereocenters. The van der Waals surface area contributed by atoms with Gasteiger partial charge in [-0.15, -0.1) is 0 Å². The zero-order chi connectivity index (χ0) is 30.8. The molecule has 1 N–H and O–H groups in total. The second kappa shape index (κ2) is 13.1. The van der Waals surface area contributed by atoms with Gasteiger partial charge in [-0.1, -0.05) is 84.6 Å². The lowest BCUT2D eigenvalue weighted by Gasteiger charge is -2.23. The van der Waals surface area contributed by atoms with Crippen LogP contribution >= 0.6 is 23.1 Å². The Kier molecular flexibility index (Phi) is 9.20. The zero-order valence-corrected chi connectivity index (χ0v) is 27.1. The molecule has 0 saturated heterocycles. The normalized spacial score (nSPS) is 15.6. The topological polar surface area (TPSA) is 111 Å². The molecule has 12 heteroatoms. The van der Waals surface area contributed by atoms with Crippen LogP contribution in [0.1, 0.15) is 24.8 Å². The molecule has 8 nitrogen and oxygen atoms in total. The molecule has 4 aromatic carbocycles. The Labute approximate surface area is 266 Å². The highest BCUT2D eigenvalue weighted by molar-refractivity contribution is 8.03. The number of thioether (sulfide) groups is 1. The first-order chi connectivity index (χ1) is 21.2. The Balaban J connectivity index is 1.44. The van der Waals surface area contributed by atoms with Gasteiger partial charge in [-0.2, -0.15) is 8.78 Å². The molecule has 5 aromatic rings. The largest absolute Gasteiger partial charge is 0.748 e. The van der Waals surface area contributed by atoms with E-state index in [1.54, 1.807) is 23.1 Å². The highest BCUT2D eigenvalue weighted by Crippen LogP contribution is 2.49. The standard InChI is InChI=1S/C32H30N2O6S4/c1-2-22(21-30-34(17-19-44(37,38)39)32-26-11-6-4-9-24(26)13-15-28(32)42-30)20-29-33(16-7-18-40-43(35)36)31-25-10-5-3-8-23(25)12-14-27(31)41-29/h3-6,8-15,20-21H,2,7,16-19H2,1H3,(H-,35,36,37,38,39). The van der Waals surface area contributed by atoms with Crippen LogP contribution in [-0.4, -0.2) is 40.6 Å². The van der Waals surface area contributed by atoms with Gasteiger partial charge in [0.2, 0.25) is 5.52 Å². The SMILES string of the molecule is CCC(=Cc1sc2ccc3ccccc3c2[n+]1CCCOS(=O)O)C=C1Sc2ccc3ccccc3c2N1CCS(=O)(=O)[O-]. The predicted molar refractivity (Wildman–Crippen MR) is 179 cm³/mol. The first-order valence-corrected chi connectivity index (χ1v) is 18.4. The van der Waals surface area contributed by atoms with Crippen molar-refractivity contribution in [3.8, 4) is 0 Å². The predicted octanol–water partition coefficient (Wildman–Crippen LogP) is 6.83. The summed E-state index contributed by atoms with van der Waals surface area (Å²) >= 11 is 0.936. The third-order valence-corrected chi connectivity index (χ3v) is 10.8. The van der Waals surface area contributed by atoms with E-state index >= 15 is 0 Å². The van der Waals surface area contributed by atoms with E-state index in [0.29, 0.717) is 13.0 Å². The minimum absolute atomic E-state index is 0.0593. The summed E-state index contributed by atoms with van der Waals surface area (Å²) < 4.78 is 63.5. The minimum atomic E-state index is -4.42. The monoisotopic (exact) mass is 666 g/mol. The molecule has 1 aromatic heterocycles. The lowest BCUT2D eigenvalue weighted by molar-refractivity contribution is -0.668. The second-order valence-electron chi connectivity index (χ2n) is 10.3. The van der Waals surface area contributed by atoms with E-state index in [0.717, 1.165) is 64.4 Å². The van der Waals surface area contributed by atoms with Gasteiger partial charge in [-0.3, -0.25) is 8.74 Å². The van der Waals surface area contributed by atoms with Crippen LogP contribution in [0.3, 0.4) is 0 Å². The number of hydrogen-bond donors (Lipinski definition) is 1. The fourth-order valence-corrected chi connectivity index (χ4v) is 8.55. The van der Waals surface area contributed by atoms with Crippen LogP contribution in [0.5, 0.6) is 0 Å². The molecule has 0 aliphatic carbocycles. The van der Waals surface area contributed by atoms with Gasteiger partial charge in [0.05, 0.1) is 38.6 Å². The van der Waals surface area contributed by atoms with Gasteiger partial charge in [-0.05, 0) is 47.0 Å². The molecule has 228 valence electrons. The third kappa shape index (κ3) is 6.62. The average molecular weight is 667 g/mol. The van der Waals surface area contributed by atoms with Crippen LogP contribution < -0.4 is 9.47 Å². The van der Waals surface area contributed by atoms with Crippen LogP contribution in [0.4, 0.5) is 5.69 Å². The molecule has 1 aliphatic rings. The van der Waals surface area contributed by atoms with Crippen LogP contribution in [-0.2, 0) is 32.2 Å². The molecule has 0 bridgehead atoms. The number of aromatic nitrogens is 1. The molecule has 0 fully saturated rings. The first kappa shape index (κ1) is 30.9. The summed E-state index contributed by atoms with van der Waals surface area (Å²) in [6, 6.07) is 24.5. The van der Waals surface area contributed by atoms with Crippen molar-refractivity contribution < 1.29 is 30.5 Å². The maximum atomic E-state index is 11.7. The van der Waals surface area contributed by atoms with E-state index in [-0.39, 0.29) is 13.2 Å². The molecule has 1 aliphatic heterocycles. The fourth-order valence-electron chi connectivity index (χ4n) is 5.53. The van der Waals surface area contributed by atoms with Gasteiger partial charge in [0.15, 0.2) is 6.54 Å². The quantitative estimate of drug-likeness (QED) is 0.0707.